The average molecular weight is 211 g/mol. The number of fused-ring (bicyclic) bond motifs is 1. The highest BCUT2D eigenvalue weighted by molar-refractivity contribution is 7.99. The van der Waals surface area contributed by atoms with Crippen molar-refractivity contribution in [1.29, 1.82) is 5.26 Å². The molecule has 1 aliphatic rings. The molecule has 66 valence electrons. The van der Waals surface area contributed by atoms with Crippen LogP contribution in [0.1, 0.15) is 24.1 Å². The molecule has 1 unspecified atom stereocenters. The van der Waals surface area contributed by atoms with E-state index in [1.54, 1.807) is 18.0 Å². The highest BCUT2D eigenvalue weighted by atomic mass is 35.5. The van der Waals surface area contributed by atoms with Crippen molar-refractivity contribution in [3.05, 3.63) is 22.5 Å². The summed E-state index contributed by atoms with van der Waals surface area (Å²) in [5, 5.41) is 9.30. The third kappa shape index (κ3) is 1.31. The molecule has 1 aliphatic heterocycles. The van der Waals surface area contributed by atoms with E-state index in [1.807, 2.05) is 6.07 Å². The van der Waals surface area contributed by atoms with Crippen LogP contribution in [0.5, 0.6) is 0 Å². The summed E-state index contributed by atoms with van der Waals surface area (Å²) in [7, 11) is 0. The Morgan fingerprint density at radius 3 is 3.23 bits per heavy atom. The molecule has 0 aromatic carbocycles. The number of hydrogen-bond acceptors (Lipinski definition) is 3. The van der Waals surface area contributed by atoms with Gasteiger partial charge in [0.25, 0.3) is 0 Å². The van der Waals surface area contributed by atoms with Crippen molar-refractivity contribution >= 4 is 23.4 Å². The van der Waals surface area contributed by atoms with Crippen molar-refractivity contribution in [1.82, 2.24) is 4.98 Å². The minimum absolute atomic E-state index is 0.449. The minimum Gasteiger partial charge on any atom is -0.258 e. The van der Waals surface area contributed by atoms with Gasteiger partial charge in [-0.25, -0.2) is 0 Å². The summed E-state index contributed by atoms with van der Waals surface area (Å²) in [6.45, 7) is 2.12. The van der Waals surface area contributed by atoms with Gasteiger partial charge in [0, 0.05) is 22.8 Å². The first kappa shape index (κ1) is 8.86. The lowest BCUT2D eigenvalue weighted by molar-refractivity contribution is 0.831. The van der Waals surface area contributed by atoms with Gasteiger partial charge in [0.05, 0.1) is 16.3 Å². The van der Waals surface area contributed by atoms with Gasteiger partial charge in [-0.05, 0) is 0 Å². The van der Waals surface area contributed by atoms with Crippen molar-refractivity contribution in [2.24, 2.45) is 0 Å². The standard InChI is InChI=1S/C9H7ClN2S/c1-5-4-13-9-7(10)6(2-11)3-12-8(5)9/h3,5H,4H2,1H3. The SMILES string of the molecule is CC1CSc2c1ncc(C#N)c2Cl. The molecule has 0 bridgehead atoms. The molecule has 4 heteroatoms. The van der Waals surface area contributed by atoms with Gasteiger partial charge in [0.15, 0.2) is 0 Å². The van der Waals surface area contributed by atoms with Crippen LogP contribution in [0, 0.1) is 11.3 Å². The normalized spacial score (nSPS) is 19.6. The molecule has 0 radical (unpaired) electrons. The van der Waals surface area contributed by atoms with Crippen molar-refractivity contribution in [2.45, 2.75) is 17.7 Å². The molecule has 0 aliphatic carbocycles. The maximum absolute atomic E-state index is 8.73. The van der Waals surface area contributed by atoms with E-state index in [9.17, 15) is 0 Å². The number of rotatable bonds is 0. The number of pyridine rings is 1. The summed E-state index contributed by atoms with van der Waals surface area (Å²) in [5.74, 6) is 1.46. The third-order valence-corrected chi connectivity index (χ3v) is 3.94. The Morgan fingerprint density at radius 2 is 2.54 bits per heavy atom. The fourth-order valence-corrected chi connectivity index (χ4v) is 2.90. The maximum atomic E-state index is 8.73. The minimum atomic E-state index is 0.449. The molecular weight excluding hydrogens is 204 g/mol. The molecule has 0 fully saturated rings. The fraction of sp³-hybridized carbons (Fsp3) is 0.333. The summed E-state index contributed by atoms with van der Waals surface area (Å²) in [5.41, 5.74) is 1.51. The Morgan fingerprint density at radius 1 is 1.77 bits per heavy atom. The summed E-state index contributed by atoms with van der Waals surface area (Å²) in [6.07, 6.45) is 1.56. The second-order valence-corrected chi connectivity index (χ2v) is 4.43. The first-order chi connectivity index (χ1) is 6.24. The number of nitrogens with zero attached hydrogens (tertiary/aromatic N) is 2. The lowest BCUT2D eigenvalue weighted by Gasteiger charge is -2.03. The van der Waals surface area contributed by atoms with Gasteiger partial charge in [-0.2, -0.15) is 5.26 Å². The van der Waals surface area contributed by atoms with Crippen molar-refractivity contribution in [2.75, 3.05) is 5.75 Å². The lowest BCUT2D eigenvalue weighted by Crippen LogP contribution is -1.94. The molecule has 0 N–H and O–H groups in total. The molecule has 0 saturated heterocycles. The van der Waals surface area contributed by atoms with Crippen LogP contribution in [0.25, 0.3) is 0 Å². The zero-order chi connectivity index (χ0) is 9.42. The number of thioether (sulfide) groups is 1. The van der Waals surface area contributed by atoms with Gasteiger partial charge in [0.2, 0.25) is 0 Å². The molecular formula is C9H7ClN2S. The Kier molecular flexibility index (Phi) is 2.19. The molecule has 2 rings (SSSR count). The Labute approximate surface area is 85.9 Å². The van der Waals surface area contributed by atoms with Gasteiger partial charge in [0.1, 0.15) is 6.07 Å². The predicted octanol–water partition coefficient (Wildman–Crippen LogP) is 2.82. The Hall–Kier alpha value is -0.720. The van der Waals surface area contributed by atoms with Crippen LogP contribution in [0.3, 0.4) is 0 Å². The molecule has 1 aromatic heterocycles. The summed E-state index contributed by atoms with van der Waals surface area (Å²) < 4.78 is 0. The Bertz CT molecular complexity index is 397. The summed E-state index contributed by atoms with van der Waals surface area (Å²) in [6, 6.07) is 2.03. The molecule has 0 saturated carbocycles. The van der Waals surface area contributed by atoms with E-state index < -0.39 is 0 Å². The second kappa shape index (κ2) is 3.21. The van der Waals surface area contributed by atoms with Crippen LogP contribution < -0.4 is 0 Å². The van der Waals surface area contributed by atoms with Crippen LogP contribution in [-0.4, -0.2) is 10.7 Å². The fourth-order valence-electron chi connectivity index (χ4n) is 1.34. The van der Waals surface area contributed by atoms with Gasteiger partial charge in [-0.1, -0.05) is 18.5 Å². The van der Waals surface area contributed by atoms with Crippen molar-refractivity contribution in [3.63, 3.8) is 0 Å². The second-order valence-electron chi connectivity index (χ2n) is 3.02. The smallest absolute Gasteiger partial charge is 0.102 e. The first-order valence-corrected chi connectivity index (χ1v) is 5.31. The molecule has 0 amide bonds. The number of hydrogen-bond donors (Lipinski definition) is 0. The quantitative estimate of drug-likeness (QED) is 0.661. The van der Waals surface area contributed by atoms with Gasteiger partial charge in [-0.15, -0.1) is 11.8 Å². The van der Waals surface area contributed by atoms with E-state index in [1.165, 1.54) is 0 Å². The molecule has 13 heavy (non-hydrogen) atoms. The monoisotopic (exact) mass is 210 g/mol. The number of nitriles is 1. The van der Waals surface area contributed by atoms with Crippen LogP contribution in [0.2, 0.25) is 5.02 Å². The number of aromatic nitrogens is 1. The van der Waals surface area contributed by atoms with Gasteiger partial charge < -0.3 is 0 Å². The molecule has 2 heterocycles. The zero-order valence-electron chi connectivity index (χ0n) is 7.04. The largest absolute Gasteiger partial charge is 0.258 e. The van der Waals surface area contributed by atoms with E-state index in [0.717, 1.165) is 16.3 Å². The van der Waals surface area contributed by atoms with Crippen molar-refractivity contribution in [3.8, 4) is 6.07 Å². The number of halogens is 1. The lowest BCUT2D eigenvalue weighted by atomic mass is 10.1. The van der Waals surface area contributed by atoms with Crippen molar-refractivity contribution < 1.29 is 0 Å². The molecule has 2 nitrogen and oxygen atoms in total. The Balaban J connectivity index is 2.62. The first-order valence-electron chi connectivity index (χ1n) is 3.95. The van der Waals surface area contributed by atoms with Crippen LogP contribution in [0.15, 0.2) is 11.1 Å². The molecule has 1 aromatic rings. The van der Waals surface area contributed by atoms with Crippen LogP contribution in [0.4, 0.5) is 0 Å². The van der Waals surface area contributed by atoms with E-state index in [2.05, 4.69) is 11.9 Å². The van der Waals surface area contributed by atoms with E-state index in [0.29, 0.717) is 16.5 Å². The van der Waals surface area contributed by atoms with E-state index in [-0.39, 0.29) is 0 Å². The highest BCUT2D eigenvalue weighted by Crippen LogP contribution is 2.42. The van der Waals surface area contributed by atoms with Gasteiger partial charge in [-0.3, -0.25) is 4.98 Å². The van der Waals surface area contributed by atoms with Crippen LogP contribution in [-0.2, 0) is 0 Å². The summed E-state index contributed by atoms with van der Waals surface area (Å²) >= 11 is 7.72. The maximum Gasteiger partial charge on any atom is 0.102 e. The zero-order valence-corrected chi connectivity index (χ0v) is 8.61. The van der Waals surface area contributed by atoms with Gasteiger partial charge >= 0.3 is 0 Å². The molecule has 0 spiro atoms. The highest BCUT2D eigenvalue weighted by Gasteiger charge is 2.24. The predicted molar refractivity (Wildman–Crippen MR) is 53.1 cm³/mol. The van der Waals surface area contributed by atoms with E-state index >= 15 is 0 Å². The third-order valence-electron chi connectivity index (χ3n) is 2.07. The molecule has 1 atom stereocenters. The summed E-state index contributed by atoms with van der Waals surface area (Å²) in [4.78, 5) is 5.24. The average Bonchev–Trinajstić information content (AvgIpc) is 2.50. The topological polar surface area (TPSA) is 36.7 Å². The van der Waals surface area contributed by atoms with Crippen LogP contribution >= 0.6 is 23.4 Å². The van der Waals surface area contributed by atoms with E-state index in [4.69, 9.17) is 16.9 Å².